The lowest BCUT2D eigenvalue weighted by atomic mass is 10.2. The van der Waals surface area contributed by atoms with Gasteiger partial charge in [0.1, 0.15) is 0 Å². The molecule has 7 nitrogen and oxygen atoms in total. The Morgan fingerprint density at radius 2 is 2.00 bits per heavy atom. The smallest absolute Gasteiger partial charge is 0.315 e. The zero-order chi connectivity index (χ0) is 14.0. The molecule has 8 heteroatoms. The maximum Gasteiger partial charge on any atom is 0.315 e. The van der Waals surface area contributed by atoms with Gasteiger partial charge in [-0.15, -0.1) is 5.10 Å². The monoisotopic (exact) mass is 276 g/mol. The van der Waals surface area contributed by atoms with Crippen LogP contribution in [0.15, 0.2) is 4.42 Å². The van der Waals surface area contributed by atoms with Gasteiger partial charge in [-0.25, -0.2) is 8.42 Å². The molecule has 1 atom stereocenters. The Morgan fingerprint density at radius 3 is 2.50 bits per heavy atom. The predicted molar refractivity (Wildman–Crippen MR) is 69.2 cm³/mol. The average molecular weight is 276 g/mol. The molecule has 0 amide bonds. The lowest BCUT2D eigenvalue weighted by Crippen LogP contribution is -2.38. The highest BCUT2D eigenvalue weighted by Gasteiger charge is 2.30. The minimum atomic E-state index is -3.15. The molecule has 1 aromatic rings. The number of hydrogen-bond donors (Lipinski definition) is 2. The van der Waals surface area contributed by atoms with E-state index in [1.165, 1.54) is 6.26 Å². The largest absolute Gasteiger partial charge is 0.406 e. The Hall–Kier alpha value is -1.15. The molecule has 0 bridgehead atoms. The van der Waals surface area contributed by atoms with Crippen molar-refractivity contribution in [1.82, 2.24) is 15.5 Å². The van der Waals surface area contributed by atoms with Crippen molar-refractivity contribution in [3.05, 3.63) is 5.89 Å². The zero-order valence-electron chi connectivity index (χ0n) is 11.3. The molecule has 0 aliphatic rings. The van der Waals surface area contributed by atoms with Crippen molar-refractivity contribution >= 4 is 15.9 Å². The Labute approximate surface area is 107 Å². The number of anilines is 1. The Morgan fingerprint density at radius 1 is 1.39 bits per heavy atom. The van der Waals surface area contributed by atoms with Gasteiger partial charge in [0, 0.05) is 12.8 Å². The van der Waals surface area contributed by atoms with E-state index in [9.17, 15) is 8.42 Å². The number of nitrogens with one attached hydrogen (secondary N) is 2. The molecular formula is C10H20N4O3S. The summed E-state index contributed by atoms with van der Waals surface area (Å²) < 4.78 is 27.5. The van der Waals surface area contributed by atoms with Crippen LogP contribution in [0.5, 0.6) is 0 Å². The summed E-state index contributed by atoms with van der Waals surface area (Å²) in [7, 11) is -1.36. The third-order valence-corrected chi connectivity index (χ3v) is 5.07. The third kappa shape index (κ3) is 3.42. The molecule has 104 valence electrons. The van der Waals surface area contributed by atoms with Gasteiger partial charge < -0.3 is 15.1 Å². The highest BCUT2D eigenvalue weighted by Crippen LogP contribution is 2.17. The second kappa shape index (κ2) is 5.23. The van der Waals surface area contributed by atoms with Crippen molar-refractivity contribution in [3.8, 4) is 0 Å². The predicted octanol–water partition coefficient (Wildman–Crippen LogP) is 0.585. The summed E-state index contributed by atoms with van der Waals surface area (Å²) in [6, 6.07) is 0.180. The number of nitrogens with zero attached hydrogens (tertiary/aromatic N) is 2. The first-order chi connectivity index (χ1) is 8.17. The van der Waals surface area contributed by atoms with Gasteiger partial charge >= 0.3 is 6.01 Å². The standard InChI is InChI=1S/C10H20N4O3S/c1-7(11-4)8-13-14-9(17-8)12-6-10(2,3)18(5,15)16/h7,11H,6H2,1-5H3,(H,12,14). The molecule has 1 heterocycles. The van der Waals surface area contributed by atoms with Crippen molar-refractivity contribution in [2.24, 2.45) is 0 Å². The summed E-state index contributed by atoms with van der Waals surface area (Å²) in [5.41, 5.74) is 0. The fraction of sp³-hybridized carbons (Fsp3) is 0.800. The topological polar surface area (TPSA) is 97.1 Å². The normalized spacial score (nSPS) is 14.5. The fourth-order valence-corrected chi connectivity index (χ4v) is 1.36. The number of sulfone groups is 1. The lowest BCUT2D eigenvalue weighted by molar-refractivity contribution is 0.440. The van der Waals surface area contributed by atoms with E-state index in [1.807, 2.05) is 6.92 Å². The van der Waals surface area contributed by atoms with Crippen LogP contribution in [0, 0.1) is 0 Å². The number of rotatable bonds is 6. The van der Waals surface area contributed by atoms with Gasteiger partial charge in [-0.2, -0.15) is 0 Å². The van der Waals surface area contributed by atoms with Crippen LogP contribution in [0.25, 0.3) is 0 Å². The Bertz CT molecular complexity index is 495. The van der Waals surface area contributed by atoms with Gasteiger partial charge in [0.05, 0.1) is 10.8 Å². The fourth-order valence-electron chi connectivity index (χ4n) is 1.02. The molecule has 0 aliphatic heterocycles. The number of hydrogen-bond acceptors (Lipinski definition) is 7. The van der Waals surface area contributed by atoms with Gasteiger partial charge in [0.25, 0.3) is 0 Å². The molecule has 0 aliphatic carbocycles. The molecule has 0 aromatic carbocycles. The van der Waals surface area contributed by atoms with Crippen molar-refractivity contribution < 1.29 is 12.8 Å². The van der Waals surface area contributed by atoms with E-state index in [2.05, 4.69) is 20.8 Å². The molecule has 0 spiro atoms. The SMILES string of the molecule is CNC(C)c1nnc(NCC(C)(C)S(C)(=O)=O)o1. The second-order valence-electron chi connectivity index (χ2n) is 4.84. The molecule has 0 saturated heterocycles. The molecule has 0 saturated carbocycles. The lowest BCUT2D eigenvalue weighted by Gasteiger charge is -2.21. The quantitative estimate of drug-likeness (QED) is 0.784. The van der Waals surface area contributed by atoms with Crippen LogP contribution in [-0.4, -0.2) is 43.2 Å². The van der Waals surface area contributed by atoms with Crippen LogP contribution >= 0.6 is 0 Å². The summed E-state index contributed by atoms with van der Waals surface area (Å²) in [6.45, 7) is 5.38. The minimum absolute atomic E-state index is 0.0454. The van der Waals surface area contributed by atoms with Crippen molar-refractivity contribution in [1.29, 1.82) is 0 Å². The van der Waals surface area contributed by atoms with E-state index in [4.69, 9.17) is 4.42 Å². The van der Waals surface area contributed by atoms with E-state index in [0.717, 1.165) is 0 Å². The highest BCUT2D eigenvalue weighted by molar-refractivity contribution is 7.92. The summed E-state index contributed by atoms with van der Waals surface area (Å²) in [5, 5.41) is 13.5. The van der Waals surface area contributed by atoms with Gasteiger partial charge in [-0.1, -0.05) is 5.10 Å². The van der Waals surface area contributed by atoms with E-state index >= 15 is 0 Å². The van der Waals surface area contributed by atoms with Crippen LogP contribution < -0.4 is 10.6 Å². The summed E-state index contributed by atoms with van der Waals surface area (Å²) >= 11 is 0. The second-order valence-corrected chi connectivity index (χ2v) is 7.49. The maximum absolute atomic E-state index is 11.5. The first-order valence-electron chi connectivity index (χ1n) is 5.61. The van der Waals surface area contributed by atoms with Crippen LogP contribution in [0.4, 0.5) is 6.01 Å². The minimum Gasteiger partial charge on any atom is -0.406 e. The summed E-state index contributed by atoms with van der Waals surface area (Å²) in [4.78, 5) is 0. The first-order valence-corrected chi connectivity index (χ1v) is 7.50. The van der Waals surface area contributed by atoms with Crippen LogP contribution in [-0.2, 0) is 9.84 Å². The molecule has 2 N–H and O–H groups in total. The van der Waals surface area contributed by atoms with E-state index in [0.29, 0.717) is 5.89 Å². The van der Waals surface area contributed by atoms with Gasteiger partial charge in [0.15, 0.2) is 9.84 Å². The van der Waals surface area contributed by atoms with E-state index < -0.39 is 14.6 Å². The van der Waals surface area contributed by atoms with Crippen molar-refractivity contribution in [2.75, 3.05) is 25.2 Å². The van der Waals surface area contributed by atoms with Crippen LogP contribution in [0.2, 0.25) is 0 Å². The van der Waals surface area contributed by atoms with Crippen molar-refractivity contribution in [3.63, 3.8) is 0 Å². The van der Waals surface area contributed by atoms with E-state index in [-0.39, 0.29) is 18.6 Å². The molecule has 0 fully saturated rings. The van der Waals surface area contributed by atoms with Crippen molar-refractivity contribution in [2.45, 2.75) is 31.6 Å². The molecule has 1 unspecified atom stereocenters. The number of aromatic nitrogens is 2. The zero-order valence-corrected chi connectivity index (χ0v) is 12.1. The van der Waals surface area contributed by atoms with Gasteiger partial charge in [0.2, 0.25) is 5.89 Å². The Kier molecular flexibility index (Phi) is 4.33. The summed E-state index contributed by atoms with van der Waals surface area (Å²) in [5.74, 6) is 0.456. The third-order valence-electron chi connectivity index (χ3n) is 2.91. The maximum atomic E-state index is 11.5. The molecule has 18 heavy (non-hydrogen) atoms. The van der Waals surface area contributed by atoms with Crippen LogP contribution in [0.3, 0.4) is 0 Å². The molecule has 0 radical (unpaired) electrons. The molecule has 1 aromatic heterocycles. The van der Waals surface area contributed by atoms with Crippen LogP contribution in [0.1, 0.15) is 32.7 Å². The molecular weight excluding hydrogens is 256 g/mol. The van der Waals surface area contributed by atoms with E-state index in [1.54, 1.807) is 20.9 Å². The average Bonchev–Trinajstić information content (AvgIpc) is 2.72. The molecule has 1 rings (SSSR count). The first kappa shape index (κ1) is 14.9. The van der Waals surface area contributed by atoms with Gasteiger partial charge in [-0.05, 0) is 27.8 Å². The highest BCUT2D eigenvalue weighted by atomic mass is 32.2. The Balaban J connectivity index is 2.68. The van der Waals surface area contributed by atoms with Gasteiger partial charge in [-0.3, -0.25) is 0 Å². The summed E-state index contributed by atoms with van der Waals surface area (Å²) in [6.07, 6.45) is 1.21.